The molecule has 1 heterocycles. The first-order valence-electron chi connectivity index (χ1n) is 21.4. The van der Waals surface area contributed by atoms with Crippen molar-refractivity contribution in [1.82, 2.24) is 25.3 Å². The number of nitrogens with two attached hydrogens (primary N) is 1. The third-order valence-electron chi connectivity index (χ3n) is 12.3. The average molecular weight is 823 g/mol. The summed E-state index contributed by atoms with van der Waals surface area (Å²) in [6.45, 7) is 16.5. The van der Waals surface area contributed by atoms with Gasteiger partial charge in [0.25, 0.3) is 0 Å². The van der Waals surface area contributed by atoms with Gasteiger partial charge in [0.05, 0.1) is 54.8 Å². The van der Waals surface area contributed by atoms with E-state index in [9.17, 15) is 24.3 Å². The van der Waals surface area contributed by atoms with E-state index in [1.807, 2.05) is 108 Å². The number of hydrogen-bond acceptors (Lipinski definition) is 9. The smallest absolute Gasteiger partial charge is 0.245 e. The number of hydrogen-bond donors (Lipinski definition) is 4. The summed E-state index contributed by atoms with van der Waals surface area (Å²) in [5.74, 6) is -1.81. The van der Waals surface area contributed by atoms with E-state index >= 15 is 0 Å². The second-order valence-corrected chi connectivity index (χ2v) is 17.3. The van der Waals surface area contributed by atoms with Crippen molar-refractivity contribution in [2.45, 2.75) is 136 Å². The van der Waals surface area contributed by atoms with Gasteiger partial charge in [-0.3, -0.25) is 24.1 Å². The molecule has 2 aromatic carbocycles. The van der Waals surface area contributed by atoms with E-state index in [0.717, 1.165) is 18.4 Å². The van der Waals surface area contributed by atoms with Gasteiger partial charge in [0, 0.05) is 40.0 Å². The molecule has 0 aliphatic carbocycles. The van der Waals surface area contributed by atoms with Crippen molar-refractivity contribution in [2.24, 2.45) is 23.7 Å². The Morgan fingerprint density at radius 1 is 0.881 bits per heavy atom. The van der Waals surface area contributed by atoms with Crippen LogP contribution >= 0.6 is 0 Å². The number of rotatable bonds is 22. The number of ether oxygens (including phenoxy) is 2. The summed E-state index contributed by atoms with van der Waals surface area (Å²) >= 11 is 0. The molecule has 4 amide bonds. The maximum atomic E-state index is 14.5. The lowest BCUT2D eigenvalue weighted by Gasteiger charge is -2.41. The van der Waals surface area contributed by atoms with Gasteiger partial charge < -0.3 is 40.7 Å². The fourth-order valence-electron chi connectivity index (χ4n) is 8.67. The summed E-state index contributed by atoms with van der Waals surface area (Å²) in [5.41, 5.74) is 8.29. The van der Waals surface area contributed by atoms with Crippen LogP contribution in [0.1, 0.15) is 98.3 Å². The highest BCUT2D eigenvalue weighted by Crippen LogP contribution is 2.30. The minimum absolute atomic E-state index is 0.0149. The standard InChI is InChI=1S/C46H74N6O7/c1-13-30(6)41(51(10)46(57)39(28(2)3)49-45(56)40(29(4)5)50(9)27-33-21-23-35(47)24-22-33)37(58-11)26-38(53)52-25-17-20-36(52)43(59-12)31(7)44(55)48-32(8)42(54)34-18-15-14-16-19-34/h14-16,18-19,21-24,28-32,36-37,39-43,54H,13,17,20,25-27,47H2,1-12H3,(H,48,55)(H,49,56). The molecule has 0 spiro atoms. The van der Waals surface area contributed by atoms with Crippen LogP contribution in [-0.4, -0.2) is 121 Å². The molecule has 0 bridgehead atoms. The molecule has 0 aromatic heterocycles. The number of nitrogen functional groups attached to an aromatic ring is 1. The molecule has 10 atom stereocenters. The van der Waals surface area contributed by atoms with Gasteiger partial charge in [-0.25, -0.2) is 0 Å². The number of anilines is 1. The van der Waals surface area contributed by atoms with Crippen molar-refractivity contribution in [1.29, 1.82) is 0 Å². The van der Waals surface area contributed by atoms with E-state index in [4.69, 9.17) is 15.2 Å². The van der Waals surface area contributed by atoms with E-state index in [-0.39, 0.29) is 53.8 Å². The second-order valence-electron chi connectivity index (χ2n) is 17.3. The van der Waals surface area contributed by atoms with Gasteiger partial charge in [0.15, 0.2) is 0 Å². The van der Waals surface area contributed by atoms with E-state index in [2.05, 4.69) is 10.6 Å². The van der Waals surface area contributed by atoms with Gasteiger partial charge in [-0.1, -0.05) is 97.4 Å². The van der Waals surface area contributed by atoms with Crippen molar-refractivity contribution >= 4 is 29.3 Å². The van der Waals surface area contributed by atoms with Crippen LogP contribution < -0.4 is 16.4 Å². The first kappa shape index (κ1) is 49.3. The third-order valence-corrected chi connectivity index (χ3v) is 12.3. The minimum Gasteiger partial charge on any atom is -0.399 e. The van der Waals surface area contributed by atoms with Crippen LogP contribution in [0.25, 0.3) is 0 Å². The lowest BCUT2D eigenvalue weighted by atomic mass is 9.89. The predicted molar refractivity (Wildman–Crippen MR) is 233 cm³/mol. The lowest BCUT2D eigenvalue weighted by Crippen LogP contribution is -2.60. The molecule has 1 saturated heterocycles. The number of aliphatic hydroxyl groups excluding tert-OH is 1. The quantitative estimate of drug-likeness (QED) is 0.119. The number of carbonyl (C=O) groups excluding carboxylic acids is 4. The molecule has 2 aromatic rings. The summed E-state index contributed by atoms with van der Waals surface area (Å²) in [7, 11) is 6.76. The third kappa shape index (κ3) is 13.0. The summed E-state index contributed by atoms with van der Waals surface area (Å²) < 4.78 is 12.0. The van der Waals surface area contributed by atoms with Crippen molar-refractivity contribution in [3.63, 3.8) is 0 Å². The van der Waals surface area contributed by atoms with Crippen LogP contribution in [0, 0.1) is 23.7 Å². The number of carbonyl (C=O) groups is 4. The Morgan fingerprint density at radius 3 is 2.05 bits per heavy atom. The van der Waals surface area contributed by atoms with Crippen LogP contribution in [0.3, 0.4) is 0 Å². The largest absolute Gasteiger partial charge is 0.399 e. The molecule has 13 nitrogen and oxygen atoms in total. The summed E-state index contributed by atoms with van der Waals surface area (Å²) in [5, 5.41) is 16.9. The Bertz CT molecular complexity index is 1630. The summed E-state index contributed by atoms with van der Waals surface area (Å²) in [6, 6.07) is 14.1. The minimum atomic E-state index is -0.885. The first-order chi connectivity index (χ1) is 27.9. The van der Waals surface area contributed by atoms with Gasteiger partial charge in [-0.15, -0.1) is 0 Å². The van der Waals surface area contributed by atoms with Crippen molar-refractivity contribution < 1.29 is 33.8 Å². The highest BCUT2D eigenvalue weighted by atomic mass is 16.5. The maximum Gasteiger partial charge on any atom is 0.245 e. The number of benzene rings is 2. The zero-order valence-electron chi connectivity index (χ0n) is 37.7. The van der Waals surface area contributed by atoms with E-state index in [1.165, 1.54) is 0 Å². The van der Waals surface area contributed by atoms with Crippen molar-refractivity contribution in [3.8, 4) is 0 Å². The Hall–Kier alpha value is -4.04. The number of likely N-dealkylation sites (tertiary alicyclic amines) is 1. The number of nitrogens with zero attached hydrogens (tertiary/aromatic N) is 3. The van der Waals surface area contributed by atoms with Crippen LogP contribution in [0.4, 0.5) is 5.69 Å². The summed E-state index contributed by atoms with van der Waals surface area (Å²) in [4.78, 5) is 61.8. The van der Waals surface area contributed by atoms with Crippen molar-refractivity contribution in [3.05, 3.63) is 65.7 Å². The number of nitrogens with one attached hydrogen (secondary N) is 2. The zero-order chi connectivity index (χ0) is 44.1. The van der Waals surface area contributed by atoms with E-state index in [1.54, 1.807) is 44.9 Å². The van der Waals surface area contributed by atoms with Gasteiger partial charge in [0.2, 0.25) is 23.6 Å². The average Bonchev–Trinajstić information content (AvgIpc) is 3.69. The van der Waals surface area contributed by atoms with Gasteiger partial charge in [-0.05, 0) is 67.8 Å². The highest BCUT2D eigenvalue weighted by molar-refractivity contribution is 5.90. The summed E-state index contributed by atoms with van der Waals surface area (Å²) in [6.07, 6.45) is 0.0344. The van der Waals surface area contributed by atoms with Crippen LogP contribution in [0.2, 0.25) is 0 Å². The fourth-order valence-corrected chi connectivity index (χ4v) is 8.67. The topological polar surface area (TPSA) is 167 Å². The predicted octanol–water partition coefficient (Wildman–Crippen LogP) is 5.02. The SMILES string of the molecule is CCC(C)C(C(CC(=O)N1CCCC1C(OC)C(C)C(=O)NC(C)C(O)c1ccccc1)OC)N(C)C(=O)C(NC(=O)C(C(C)C)N(C)Cc1ccc(N)cc1)C(C)C. The van der Waals surface area contributed by atoms with E-state index < -0.39 is 48.4 Å². The molecular formula is C46H74N6O7. The molecule has 3 rings (SSSR count). The van der Waals surface area contributed by atoms with Crippen LogP contribution in [0.5, 0.6) is 0 Å². The Labute approximate surface area is 353 Å². The van der Waals surface area contributed by atoms with Crippen LogP contribution in [0.15, 0.2) is 54.6 Å². The molecule has 330 valence electrons. The number of methoxy groups -OCH3 is 2. The Morgan fingerprint density at radius 2 is 1.51 bits per heavy atom. The van der Waals surface area contributed by atoms with Gasteiger partial charge in [0.1, 0.15) is 6.04 Å². The molecule has 1 fully saturated rings. The van der Waals surface area contributed by atoms with E-state index in [0.29, 0.717) is 30.8 Å². The molecule has 5 N–H and O–H groups in total. The molecule has 13 heteroatoms. The van der Waals surface area contributed by atoms with Gasteiger partial charge in [-0.2, -0.15) is 0 Å². The number of amides is 4. The molecule has 10 unspecified atom stereocenters. The Balaban J connectivity index is 1.77. The second kappa shape index (κ2) is 23.1. The normalized spacial score (nSPS) is 19.1. The Kier molecular flexibility index (Phi) is 19.3. The molecule has 59 heavy (non-hydrogen) atoms. The lowest BCUT2D eigenvalue weighted by molar-refractivity contribution is -0.148. The fraction of sp³-hybridized carbons (Fsp3) is 0.652. The van der Waals surface area contributed by atoms with Crippen molar-refractivity contribution in [2.75, 3.05) is 40.6 Å². The molecule has 0 radical (unpaired) electrons. The molecular weight excluding hydrogens is 749 g/mol. The van der Waals surface area contributed by atoms with Crippen LogP contribution in [-0.2, 0) is 35.2 Å². The van der Waals surface area contributed by atoms with Gasteiger partial charge >= 0.3 is 0 Å². The highest BCUT2D eigenvalue weighted by Gasteiger charge is 2.43. The number of aliphatic hydroxyl groups is 1. The number of likely N-dealkylation sites (N-methyl/N-ethyl adjacent to an activating group) is 2. The molecule has 0 saturated carbocycles. The zero-order valence-corrected chi connectivity index (χ0v) is 37.7. The first-order valence-corrected chi connectivity index (χ1v) is 21.4. The monoisotopic (exact) mass is 823 g/mol. The maximum absolute atomic E-state index is 14.5. The molecule has 1 aliphatic heterocycles. The molecule has 1 aliphatic rings.